The zero-order valence-electron chi connectivity index (χ0n) is 11.5. The molecule has 1 atom stereocenters. The van der Waals surface area contributed by atoms with Crippen LogP contribution in [0.2, 0.25) is 0 Å². The van der Waals surface area contributed by atoms with Crippen LogP contribution in [0.1, 0.15) is 11.3 Å². The van der Waals surface area contributed by atoms with Crippen LogP contribution in [0.25, 0.3) is 0 Å². The van der Waals surface area contributed by atoms with Gasteiger partial charge in [-0.1, -0.05) is 30.3 Å². The highest BCUT2D eigenvalue weighted by Crippen LogP contribution is 2.12. The Labute approximate surface area is 119 Å². The SMILES string of the molecule is Cc1cc(NC(=O)C(CN)Cc2ccccc2)ccn1. The molecule has 2 rings (SSSR count). The lowest BCUT2D eigenvalue weighted by molar-refractivity contribution is -0.119. The van der Waals surface area contributed by atoms with Crippen LogP contribution in [0.4, 0.5) is 5.69 Å². The molecule has 1 amide bonds. The molecule has 4 nitrogen and oxygen atoms in total. The van der Waals surface area contributed by atoms with Crippen LogP contribution in [0.3, 0.4) is 0 Å². The maximum absolute atomic E-state index is 12.2. The van der Waals surface area contributed by atoms with E-state index >= 15 is 0 Å². The van der Waals surface area contributed by atoms with Gasteiger partial charge in [0.2, 0.25) is 5.91 Å². The Morgan fingerprint density at radius 2 is 2.05 bits per heavy atom. The van der Waals surface area contributed by atoms with E-state index in [2.05, 4.69) is 10.3 Å². The Morgan fingerprint density at radius 1 is 1.30 bits per heavy atom. The molecule has 2 aromatic rings. The maximum atomic E-state index is 12.2. The van der Waals surface area contributed by atoms with Crippen LogP contribution in [0.5, 0.6) is 0 Å². The van der Waals surface area contributed by atoms with E-state index in [-0.39, 0.29) is 11.8 Å². The molecule has 1 heterocycles. The van der Waals surface area contributed by atoms with Gasteiger partial charge in [-0.25, -0.2) is 0 Å². The number of hydrogen-bond donors (Lipinski definition) is 2. The largest absolute Gasteiger partial charge is 0.330 e. The molecule has 1 aromatic carbocycles. The molecule has 3 N–H and O–H groups in total. The van der Waals surface area contributed by atoms with Crippen molar-refractivity contribution < 1.29 is 4.79 Å². The fourth-order valence-electron chi connectivity index (χ4n) is 2.05. The monoisotopic (exact) mass is 269 g/mol. The molecule has 1 unspecified atom stereocenters. The lowest BCUT2D eigenvalue weighted by Gasteiger charge is -2.15. The van der Waals surface area contributed by atoms with Crippen LogP contribution < -0.4 is 11.1 Å². The summed E-state index contributed by atoms with van der Waals surface area (Å²) >= 11 is 0. The number of aromatic nitrogens is 1. The summed E-state index contributed by atoms with van der Waals surface area (Å²) in [5.74, 6) is -0.284. The lowest BCUT2D eigenvalue weighted by Crippen LogP contribution is -2.31. The number of pyridine rings is 1. The van der Waals surface area contributed by atoms with Crippen molar-refractivity contribution >= 4 is 11.6 Å². The van der Waals surface area contributed by atoms with E-state index in [1.165, 1.54) is 0 Å². The molecular weight excluding hydrogens is 250 g/mol. The highest BCUT2D eigenvalue weighted by molar-refractivity contribution is 5.92. The van der Waals surface area contributed by atoms with Crippen LogP contribution in [-0.2, 0) is 11.2 Å². The van der Waals surface area contributed by atoms with Gasteiger partial charge in [-0.15, -0.1) is 0 Å². The summed E-state index contributed by atoms with van der Waals surface area (Å²) in [6.45, 7) is 2.21. The van der Waals surface area contributed by atoms with Crippen molar-refractivity contribution in [2.24, 2.45) is 11.7 Å². The second-order valence-electron chi connectivity index (χ2n) is 4.80. The zero-order chi connectivity index (χ0) is 14.4. The summed E-state index contributed by atoms with van der Waals surface area (Å²) in [5, 5.41) is 2.90. The third kappa shape index (κ3) is 3.90. The minimum atomic E-state index is -0.231. The first-order valence-electron chi connectivity index (χ1n) is 6.66. The van der Waals surface area contributed by atoms with Crippen molar-refractivity contribution in [2.45, 2.75) is 13.3 Å². The number of carbonyl (C=O) groups is 1. The average molecular weight is 269 g/mol. The Bertz CT molecular complexity index is 569. The van der Waals surface area contributed by atoms with Gasteiger partial charge in [0.1, 0.15) is 0 Å². The predicted molar refractivity (Wildman–Crippen MR) is 80.3 cm³/mol. The molecule has 0 fully saturated rings. The van der Waals surface area contributed by atoms with Crippen molar-refractivity contribution in [3.8, 4) is 0 Å². The van der Waals surface area contributed by atoms with Gasteiger partial charge < -0.3 is 11.1 Å². The molecule has 0 aliphatic heterocycles. The summed E-state index contributed by atoms with van der Waals surface area (Å²) in [6.07, 6.45) is 2.33. The topological polar surface area (TPSA) is 68.0 Å². The van der Waals surface area contributed by atoms with Gasteiger partial charge in [0.15, 0.2) is 0 Å². The summed E-state index contributed by atoms with van der Waals surface area (Å²) in [4.78, 5) is 16.4. The van der Waals surface area contributed by atoms with E-state index in [0.29, 0.717) is 13.0 Å². The highest BCUT2D eigenvalue weighted by atomic mass is 16.1. The Kier molecular flexibility index (Phi) is 4.85. The number of nitrogens with zero attached hydrogens (tertiary/aromatic N) is 1. The number of rotatable bonds is 5. The molecular formula is C16H19N3O. The fourth-order valence-corrected chi connectivity index (χ4v) is 2.05. The van der Waals surface area contributed by atoms with Gasteiger partial charge in [-0.05, 0) is 31.0 Å². The molecule has 0 saturated heterocycles. The number of aryl methyl sites for hydroxylation is 1. The summed E-state index contributed by atoms with van der Waals surface area (Å²) < 4.78 is 0. The second-order valence-corrected chi connectivity index (χ2v) is 4.80. The van der Waals surface area contributed by atoms with Gasteiger partial charge >= 0.3 is 0 Å². The number of nitrogens with two attached hydrogens (primary N) is 1. The van der Waals surface area contributed by atoms with E-state index in [9.17, 15) is 4.79 Å². The van der Waals surface area contributed by atoms with Crippen molar-refractivity contribution in [3.05, 3.63) is 59.9 Å². The Balaban J connectivity index is 2.02. The van der Waals surface area contributed by atoms with Gasteiger partial charge in [-0.3, -0.25) is 9.78 Å². The van der Waals surface area contributed by atoms with E-state index in [0.717, 1.165) is 16.9 Å². The molecule has 0 spiro atoms. The number of carbonyl (C=O) groups excluding carboxylic acids is 1. The van der Waals surface area contributed by atoms with Gasteiger partial charge in [0.05, 0.1) is 5.92 Å². The van der Waals surface area contributed by atoms with E-state index < -0.39 is 0 Å². The molecule has 0 aliphatic rings. The van der Waals surface area contributed by atoms with Crippen molar-refractivity contribution in [1.29, 1.82) is 0 Å². The average Bonchev–Trinajstić information content (AvgIpc) is 2.45. The molecule has 0 radical (unpaired) electrons. The van der Waals surface area contributed by atoms with Crippen molar-refractivity contribution in [2.75, 3.05) is 11.9 Å². The molecule has 20 heavy (non-hydrogen) atoms. The molecule has 0 saturated carbocycles. The molecule has 0 bridgehead atoms. The molecule has 1 aromatic heterocycles. The van der Waals surface area contributed by atoms with E-state index in [4.69, 9.17) is 5.73 Å². The van der Waals surface area contributed by atoms with E-state index in [1.54, 1.807) is 12.3 Å². The van der Waals surface area contributed by atoms with Crippen LogP contribution in [0, 0.1) is 12.8 Å². The first kappa shape index (κ1) is 14.2. The first-order chi connectivity index (χ1) is 9.69. The molecule has 0 aliphatic carbocycles. The fraction of sp³-hybridized carbons (Fsp3) is 0.250. The summed E-state index contributed by atoms with van der Waals surface area (Å²) in [6, 6.07) is 13.5. The third-order valence-corrected chi connectivity index (χ3v) is 3.14. The zero-order valence-corrected chi connectivity index (χ0v) is 11.5. The normalized spacial score (nSPS) is 11.9. The number of hydrogen-bond acceptors (Lipinski definition) is 3. The molecule has 4 heteroatoms. The minimum Gasteiger partial charge on any atom is -0.330 e. The van der Waals surface area contributed by atoms with Crippen molar-refractivity contribution in [1.82, 2.24) is 4.98 Å². The smallest absolute Gasteiger partial charge is 0.229 e. The Hall–Kier alpha value is -2.20. The van der Waals surface area contributed by atoms with Gasteiger partial charge in [0.25, 0.3) is 0 Å². The van der Waals surface area contributed by atoms with Crippen molar-refractivity contribution in [3.63, 3.8) is 0 Å². The third-order valence-electron chi connectivity index (χ3n) is 3.14. The summed E-state index contributed by atoms with van der Waals surface area (Å²) in [5.41, 5.74) is 8.48. The number of anilines is 1. The minimum absolute atomic E-state index is 0.0537. The quantitative estimate of drug-likeness (QED) is 0.874. The highest BCUT2D eigenvalue weighted by Gasteiger charge is 2.17. The molecule has 104 valence electrons. The number of benzene rings is 1. The summed E-state index contributed by atoms with van der Waals surface area (Å²) in [7, 11) is 0. The lowest BCUT2D eigenvalue weighted by atomic mass is 9.98. The van der Waals surface area contributed by atoms with Gasteiger partial charge in [0, 0.05) is 24.1 Å². The van der Waals surface area contributed by atoms with Crippen LogP contribution >= 0.6 is 0 Å². The predicted octanol–water partition coefficient (Wildman–Crippen LogP) is 2.15. The first-order valence-corrected chi connectivity index (χ1v) is 6.66. The second kappa shape index (κ2) is 6.82. The van der Waals surface area contributed by atoms with E-state index in [1.807, 2.05) is 43.3 Å². The van der Waals surface area contributed by atoms with Crippen LogP contribution in [-0.4, -0.2) is 17.4 Å². The van der Waals surface area contributed by atoms with Crippen LogP contribution in [0.15, 0.2) is 48.7 Å². The maximum Gasteiger partial charge on any atom is 0.229 e. The standard InChI is InChI=1S/C16H19N3O/c1-12-9-15(7-8-18-12)19-16(20)14(11-17)10-13-5-3-2-4-6-13/h2-9,14H,10-11,17H2,1H3,(H,18,19,20). The van der Waals surface area contributed by atoms with Gasteiger partial charge in [-0.2, -0.15) is 0 Å². The number of amides is 1. The number of nitrogens with one attached hydrogen (secondary N) is 1. The Morgan fingerprint density at radius 3 is 2.70 bits per heavy atom.